The Bertz CT molecular complexity index is 438. The van der Waals surface area contributed by atoms with Crippen LogP contribution in [0.25, 0.3) is 0 Å². The van der Waals surface area contributed by atoms with E-state index in [2.05, 4.69) is 29.5 Å². The first-order valence-corrected chi connectivity index (χ1v) is 10.6. The lowest BCUT2D eigenvalue weighted by atomic mass is 9.80. The molecule has 2 N–H and O–H groups in total. The molecule has 0 heterocycles. The first-order valence-electron chi connectivity index (χ1n) is 8.54. The quantitative estimate of drug-likeness (QED) is 0.426. The summed E-state index contributed by atoms with van der Waals surface area (Å²) in [4.78, 5) is 4.49. The van der Waals surface area contributed by atoms with Crippen molar-refractivity contribution in [3.63, 3.8) is 0 Å². The van der Waals surface area contributed by atoms with Crippen molar-refractivity contribution in [2.24, 2.45) is 16.8 Å². The summed E-state index contributed by atoms with van der Waals surface area (Å²) >= 11 is 0. The molecule has 5 nitrogen and oxygen atoms in total. The minimum Gasteiger partial charge on any atom is -0.357 e. The molecule has 0 unspecified atom stereocenters. The van der Waals surface area contributed by atoms with Crippen LogP contribution in [-0.2, 0) is 9.84 Å². The number of sulfone groups is 1. The molecule has 22 heavy (non-hydrogen) atoms. The highest BCUT2D eigenvalue weighted by Gasteiger charge is 2.23. The largest absolute Gasteiger partial charge is 0.357 e. The minimum atomic E-state index is -2.89. The second kappa shape index (κ2) is 9.38. The molecule has 0 aliphatic heterocycles. The number of rotatable bonds is 7. The molecule has 1 rings (SSSR count). The second-order valence-corrected chi connectivity index (χ2v) is 9.00. The molecule has 0 bridgehead atoms. The van der Waals surface area contributed by atoms with Crippen LogP contribution < -0.4 is 10.6 Å². The molecule has 6 heteroatoms. The van der Waals surface area contributed by atoms with Gasteiger partial charge in [-0.05, 0) is 50.9 Å². The van der Waals surface area contributed by atoms with E-state index in [9.17, 15) is 8.42 Å². The maximum atomic E-state index is 11.1. The molecule has 130 valence electrons. The molecular formula is C16H33N3O2S. The molecule has 1 aliphatic carbocycles. The molecule has 0 radical (unpaired) electrons. The van der Waals surface area contributed by atoms with Crippen LogP contribution in [0.3, 0.4) is 0 Å². The highest BCUT2D eigenvalue weighted by Crippen LogP contribution is 2.29. The maximum Gasteiger partial charge on any atom is 0.191 e. The third kappa shape index (κ3) is 8.01. The van der Waals surface area contributed by atoms with Gasteiger partial charge in [-0.15, -0.1) is 0 Å². The van der Waals surface area contributed by atoms with Gasteiger partial charge in [-0.3, -0.25) is 4.99 Å². The van der Waals surface area contributed by atoms with Crippen molar-refractivity contribution in [3.05, 3.63) is 0 Å². The van der Waals surface area contributed by atoms with Crippen molar-refractivity contribution < 1.29 is 8.42 Å². The zero-order chi connectivity index (χ0) is 16.6. The zero-order valence-electron chi connectivity index (χ0n) is 14.6. The lowest BCUT2D eigenvalue weighted by Gasteiger charge is -2.32. The molecule has 0 aromatic heterocycles. The highest BCUT2D eigenvalue weighted by atomic mass is 32.2. The van der Waals surface area contributed by atoms with Crippen LogP contribution in [0.5, 0.6) is 0 Å². The molecule has 0 amide bonds. The SMILES string of the molecule is CCNC(=NCCCS(C)(=O)=O)NC1CCC(C(C)C)CC1. The molecule has 1 saturated carbocycles. The topological polar surface area (TPSA) is 70.6 Å². The van der Waals surface area contributed by atoms with E-state index in [4.69, 9.17) is 0 Å². The van der Waals surface area contributed by atoms with Gasteiger partial charge < -0.3 is 10.6 Å². The third-order valence-electron chi connectivity index (χ3n) is 4.34. The molecular weight excluding hydrogens is 298 g/mol. The Labute approximate surface area is 136 Å². The Hall–Kier alpha value is -0.780. The Morgan fingerprint density at radius 3 is 2.36 bits per heavy atom. The first-order chi connectivity index (χ1) is 10.3. The molecule has 0 aromatic carbocycles. The van der Waals surface area contributed by atoms with E-state index in [0.717, 1.165) is 24.3 Å². The summed E-state index contributed by atoms with van der Waals surface area (Å²) < 4.78 is 22.2. The van der Waals surface area contributed by atoms with Gasteiger partial charge in [-0.1, -0.05) is 13.8 Å². The van der Waals surface area contributed by atoms with Gasteiger partial charge in [0.15, 0.2) is 5.96 Å². The summed E-state index contributed by atoms with van der Waals surface area (Å²) in [7, 11) is -2.89. The van der Waals surface area contributed by atoms with Crippen molar-refractivity contribution in [1.82, 2.24) is 10.6 Å². The van der Waals surface area contributed by atoms with Gasteiger partial charge in [0.05, 0.1) is 5.75 Å². The van der Waals surface area contributed by atoms with E-state index in [1.54, 1.807) is 0 Å². The number of nitrogens with zero attached hydrogens (tertiary/aromatic N) is 1. The average molecular weight is 332 g/mol. The van der Waals surface area contributed by atoms with Gasteiger partial charge in [-0.2, -0.15) is 0 Å². The first kappa shape index (κ1) is 19.3. The van der Waals surface area contributed by atoms with Crippen LogP contribution in [0.15, 0.2) is 4.99 Å². The highest BCUT2D eigenvalue weighted by molar-refractivity contribution is 7.90. The Morgan fingerprint density at radius 1 is 1.23 bits per heavy atom. The Morgan fingerprint density at radius 2 is 1.86 bits per heavy atom. The number of hydrogen-bond donors (Lipinski definition) is 2. The fourth-order valence-corrected chi connectivity index (χ4v) is 3.61. The molecule has 1 aliphatic rings. The van der Waals surface area contributed by atoms with E-state index in [1.165, 1.54) is 31.9 Å². The zero-order valence-corrected chi connectivity index (χ0v) is 15.4. The van der Waals surface area contributed by atoms with E-state index >= 15 is 0 Å². The van der Waals surface area contributed by atoms with E-state index in [0.29, 0.717) is 19.0 Å². The summed E-state index contributed by atoms with van der Waals surface area (Å²) in [6.07, 6.45) is 6.79. The summed E-state index contributed by atoms with van der Waals surface area (Å²) in [5, 5.41) is 6.75. The van der Waals surface area contributed by atoms with Gasteiger partial charge in [0.25, 0.3) is 0 Å². The average Bonchev–Trinajstić information content (AvgIpc) is 2.43. The van der Waals surface area contributed by atoms with Gasteiger partial charge in [-0.25, -0.2) is 8.42 Å². The second-order valence-electron chi connectivity index (χ2n) is 6.74. The standard InChI is InChI=1S/C16H33N3O2S/c1-5-17-16(18-11-6-12-22(4,20)21)19-15-9-7-14(8-10-15)13(2)3/h13-15H,5-12H2,1-4H3,(H2,17,18,19). The lowest BCUT2D eigenvalue weighted by Crippen LogP contribution is -2.45. The smallest absolute Gasteiger partial charge is 0.191 e. The number of hydrogen-bond acceptors (Lipinski definition) is 3. The maximum absolute atomic E-state index is 11.1. The van der Waals surface area contributed by atoms with Crippen LogP contribution in [0.4, 0.5) is 0 Å². The summed E-state index contributed by atoms with van der Waals surface area (Å²) in [5.41, 5.74) is 0. The van der Waals surface area contributed by atoms with Gasteiger partial charge >= 0.3 is 0 Å². The predicted molar refractivity (Wildman–Crippen MR) is 94.0 cm³/mol. The van der Waals surface area contributed by atoms with E-state index < -0.39 is 9.84 Å². The summed E-state index contributed by atoms with van der Waals surface area (Å²) in [6.45, 7) is 8.03. The van der Waals surface area contributed by atoms with Crippen LogP contribution in [0, 0.1) is 11.8 Å². The fraction of sp³-hybridized carbons (Fsp3) is 0.938. The van der Waals surface area contributed by atoms with Crippen molar-refractivity contribution in [2.75, 3.05) is 25.1 Å². The van der Waals surface area contributed by atoms with Crippen LogP contribution in [-0.4, -0.2) is 45.5 Å². The predicted octanol–water partition coefficient (Wildman–Crippen LogP) is 2.19. The third-order valence-corrected chi connectivity index (χ3v) is 5.37. The Kier molecular flexibility index (Phi) is 8.21. The lowest BCUT2D eigenvalue weighted by molar-refractivity contribution is 0.250. The summed E-state index contributed by atoms with van der Waals surface area (Å²) in [6, 6.07) is 0.489. The number of guanidine groups is 1. The van der Waals surface area contributed by atoms with Gasteiger partial charge in [0.1, 0.15) is 9.84 Å². The molecule has 0 atom stereocenters. The molecule has 0 saturated heterocycles. The molecule has 1 fully saturated rings. The Balaban J connectivity index is 2.40. The monoisotopic (exact) mass is 331 g/mol. The molecule has 0 spiro atoms. The van der Waals surface area contributed by atoms with Crippen LogP contribution in [0.2, 0.25) is 0 Å². The number of aliphatic imine (C=N–C) groups is 1. The normalized spacial score (nSPS) is 23.6. The van der Waals surface area contributed by atoms with Crippen molar-refractivity contribution in [2.45, 2.75) is 58.9 Å². The van der Waals surface area contributed by atoms with Crippen molar-refractivity contribution in [1.29, 1.82) is 0 Å². The van der Waals surface area contributed by atoms with Gasteiger partial charge in [0, 0.05) is 25.4 Å². The van der Waals surface area contributed by atoms with Crippen molar-refractivity contribution >= 4 is 15.8 Å². The van der Waals surface area contributed by atoms with Crippen LogP contribution in [0.1, 0.15) is 52.9 Å². The minimum absolute atomic E-state index is 0.204. The van der Waals surface area contributed by atoms with E-state index in [-0.39, 0.29) is 5.75 Å². The van der Waals surface area contributed by atoms with Crippen LogP contribution >= 0.6 is 0 Å². The van der Waals surface area contributed by atoms with Crippen molar-refractivity contribution in [3.8, 4) is 0 Å². The fourth-order valence-electron chi connectivity index (χ4n) is 2.96. The van der Waals surface area contributed by atoms with Gasteiger partial charge in [0.2, 0.25) is 0 Å². The summed E-state index contributed by atoms with van der Waals surface area (Å²) in [5.74, 6) is 2.66. The number of nitrogens with one attached hydrogen (secondary N) is 2. The molecule has 0 aromatic rings. The van der Waals surface area contributed by atoms with E-state index in [1.807, 2.05) is 6.92 Å².